The van der Waals surface area contributed by atoms with Crippen LogP contribution in [0.1, 0.15) is 38.8 Å². The van der Waals surface area contributed by atoms with Crippen molar-refractivity contribution in [2.75, 3.05) is 0 Å². The highest BCUT2D eigenvalue weighted by atomic mass is 32.2. The summed E-state index contributed by atoms with van der Waals surface area (Å²) in [5, 5.41) is 3.39. The topological polar surface area (TPSA) is 94.3 Å². The van der Waals surface area contributed by atoms with E-state index in [-0.39, 0.29) is 0 Å². The molecular weight excluding hydrogens is 302 g/mol. The number of thioether (sulfide) groups is 1. The molecule has 0 saturated heterocycles. The maximum Gasteiger partial charge on any atom is 0.405 e. The Morgan fingerprint density at radius 1 is 1.50 bits per heavy atom. The van der Waals surface area contributed by atoms with Gasteiger partial charge in [-0.3, -0.25) is 9.78 Å². The summed E-state index contributed by atoms with van der Waals surface area (Å²) in [5.41, 5.74) is 4.49. The average molecular weight is 323 g/mol. The summed E-state index contributed by atoms with van der Waals surface area (Å²) in [7, 11) is 0. The van der Waals surface area contributed by atoms with Gasteiger partial charge in [0.15, 0.2) is 5.60 Å². The van der Waals surface area contributed by atoms with E-state index in [0.717, 1.165) is 10.6 Å². The molecule has 1 saturated carbocycles. The van der Waals surface area contributed by atoms with Gasteiger partial charge in [-0.25, -0.2) is 4.79 Å². The van der Waals surface area contributed by atoms with E-state index in [0.29, 0.717) is 11.8 Å². The van der Waals surface area contributed by atoms with Gasteiger partial charge in [0.1, 0.15) is 0 Å². The third kappa shape index (κ3) is 4.37. The van der Waals surface area contributed by atoms with Crippen LogP contribution in [0.4, 0.5) is 4.79 Å². The lowest BCUT2D eigenvalue weighted by atomic mass is 10.00. The quantitative estimate of drug-likeness (QED) is 0.837. The summed E-state index contributed by atoms with van der Waals surface area (Å²) < 4.78 is 4.81. The molecular formula is C15H21N3O3S. The molecule has 120 valence electrons. The Labute approximate surface area is 134 Å². The molecule has 0 atom stereocenters. The van der Waals surface area contributed by atoms with E-state index >= 15 is 0 Å². The van der Waals surface area contributed by atoms with E-state index in [9.17, 15) is 9.59 Å². The monoisotopic (exact) mass is 323 g/mol. The van der Waals surface area contributed by atoms with Crippen molar-refractivity contribution in [3.63, 3.8) is 0 Å². The Balaban J connectivity index is 1.96. The molecule has 0 spiro atoms. The van der Waals surface area contributed by atoms with Gasteiger partial charge in [-0.15, -0.1) is 11.8 Å². The Kier molecular flexibility index (Phi) is 5.28. The molecule has 0 aliphatic heterocycles. The lowest BCUT2D eigenvalue weighted by Crippen LogP contribution is -2.46. The fourth-order valence-corrected chi connectivity index (χ4v) is 3.35. The van der Waals surface area contributed by atoms with Crippen molar-refractivity contribution < 1.29 is 14.3 Å². The van der Waals surface area contributed by atoms with Crippen molar-refractivity contribution in [1.82, 2.24) is 10.3 Å². The molecule has 1 fully saturated rings. The van der Waals surface area contributed by atoms with Crippen LogP contribution < -0.4 is 11.1 Å². The number of carbonyl (C=O) groups is 2. The zero-order valence-electron chi connectivity index (χ0n) is 12.8. The molecule has 1 aliphatic rings. The second-order valence-electron chi connectivity index (χ2n) is 5.73. The van der Waals surface area contributed by atoms with Crippen LogP contribution in [0.5, 0.6) is 0 Å². The number of nitrogens with two attached hydrogens (primary N) is 1. The number of pyridine rings is 1. The molecule has 0 radical (unpaired) electrons. The molecule has 0 unspecified atom stereocenters. The van der Waals surface area contributed by atoms with Crippen molar-refractivity contribution in [2.24, 2.45) is 5.73 Å². The molecule has 1 heterocycles. The van der Waals surface area contributed by atoms with E-state index in [1.54, 1.807) is 6.20 Å². The van der Waals surface area contributed by atoms with Crippen LogP contribution in [0.15, 0.2) is 23.2 Å². The van der Waals surface area contributed by atoms with Crippen molar-refractivity contribution >= 4 is 23.8 Å². The third-order valence-electron chi connectivity index (χ3n) is 3.51. The van der Waals surface area contributed by atoms with Gasteiger partial charge < -0.3 is 15.8 Å². The number of hydrogen-bond acceptors (Lipinski definition) is 5. The predicted molar refractivity (Wildman–Crippen MR) is 84.3 cm³/mol. The highest BCUT2D eigenvalue weighted by molar-refractivity contribution is 8.00. The summed E-state index contributed by atoms with van der Waals surface area (Å²) >= 11 is 1.81. The molecule has 1 aromatic heterocycles. The van der Waals surface area contributed by atoms with Gasteiger partial charge in [-0.05, 0) is 38.8 Å². The zero-order chi connectivity index (χ0) is 16.2. The van der Waals surface area contributed by atoms with Crippen LogP contribution in [0.3, 0.4) is 0 Å². The molecule has 0 bridgehead atoms. The maximum atomic E-state index is 12.1. The smallest absolute Gasteiger partial charge is 0.405 e. The molecule has 2 amide bonds. The molecule has 0 aromatic carbocycles. The molecule has 6 nitrogen and oxygen atoms in total. The number of hydrogen-bond donors (Lipinski definition) is 2. The van der Waals surface area contributed by atoms with E-state index in [4.69, 9.17) is 10.5 Å². The number of amides is 2. The van der Waals surface area contributed by atoms with Crippen molar-refractivity contribution in [2.45, 2.75) is 55.4 Å². The molecule has 7 heteroatoms. The summed E-state index contributed by atoms with van der Waals surface area (Å²) in [6.07, 6.45) is 4.47. The minimum Gasteiger partial charge on any atom is -0.434 e. The average Bonchev–Trinajstić information content (AvgIpc) is 2.39. The van der Waals surface area contributed by atoms with Gasteiger partial charge in [0.25, 0.3) is 5.91 Å². The molecule has 1 aromatic rings. The van der Waals surface area contributed by atoms with Gasteiger partial charge in [0, 0.05) is 16.3 Å². The van der Waals surface area contributed by atoms with Crippen LogP contribution in [0.2, 0.25) is 0 Å². The number of ether oxygens (including phenoxy) is 1. The van der Waals surface area contributed by atoms with Gasteiger partial charge in [-0.2, -0.15) is 0 Å². The molecule has 3 N–H and O–H groups in total. The number of carbonyl (C=O) groups excluding carboxylic acids is 2. The van der Waals surface area contributed by atoms with Gasteiger partial charge in [-0.1, -0.05) is 6.42 Å². The van der Waals surface area contributed by atoms with Crippen LogP contribution in [0.25, 0.3) is 0 Å². The first-order valence-electron chi connectivity index (χ1n) is 7.26. The van der Waals surface area contributed by atoms with Crippen LogP contribution in [-0.2, 0) is 16.1 Å². The summed E-state index contributed by atoms with van der Waals surface area (Å²) in [5.74, 6) is -0.406. The maximum absolute atomic E-state index is 12.1. The first-order valence-corrected chi connectivity index (χ1v) is 8.14. The minimum atomic E-state index is -1.30. The van der Waals surface area contributed by atoms with Gasteiger partial charge in [0.2, 0.25) is 0 Å². The van der Waals surface area contributed by atoms with Crippen LogP contribution >= 0.6 is 11.8 Å². The van der Waals surface area contributed by atoms with Gasteiger partial charge in [0.05, 0.1) is 12.2 Å². The second kappa shape index (κ2) is 7.00. The number of nitrogens with zero attached hydrogens (tertiary/aromatic N) is 1. The Hall–Kier alpha value is -1.76. The van der Waals surface area contributed by atoms with Crippen LogP contribution in [-0.4, -0.2) is 27.8 Å². The summed E-state index contributed by atoms with van der Waals surface area (Å²) in [6.45, 7) is 3.28. The minimum absolute atomic E-state index is 0.292. The van der Waals surface area contributed by atoms with Gasteiger partial charge >= 0.3 is 6.09 Å². The number of primary amides is 1. The Morgan fingerprint density at radius 3 is 2.82 bits per heavy atom. The van der Waals surface area contributed by atoms with Crippen molar-refractivity contribution in [3.8, 4) is 0 Å². The Bertz CT molecular complexity index is 559. The highest BCUT2D eigenvalue weighted by Gasteiger charge is 2.31. The second-order valence-corrected chi connectivity index (χ2v) is 7.08. The largest absolute Gasteiger partial charge is 0.434 e. The highest BCUT2D eigenvalue weighted by Crippen LogP contribution is 2.37. The molecule has 2 rings (SSSR count). The standard InChI is InChI=1S/C15H21N3O3S/c1-15(2,21-14(16)20)13(19)18-9-11-12(7-4-8-17-11)22-10-5-3-6-10/h4,7-8,10H,3,5-6,9H2,1-2H3,(H2,16,20)(H,18,19). The number of aromatic nitrogens is 1. The lowest BCUT2D eigenvalue weighted by molar-refractivity contribution is -0.136. The fraction of sp³-hybridized carbons (Fsp3) is 0.533. The summed E-state index contributed by atoms with van der Waals surface area (Å²) in [6, 6.07) is 3.91. The molecule has 1 aliphatic carbocycles. The first kappa shape index (κ1) is 16.6. The van der Waals surface area contributed by atoms with Crippen LogP contribution in [0, 0.1) is 0 Å². The SMILES string of the molecule is CC(C)(OC(N)=O)C(=O)NCc1ncccc1SC1CCC1. The Morgan fingerprint density at radius 2 is 2.23 bits per heavy atom. The lowest BCUT2D eigenvalue weighted by Gasteiger charge is -2.26. The van der Waals surface area contributed by atoms with E-state index in [2.05, 4.69) is 10.3 Å². The van der Waals surface area contributed by atoms with Crippen molar-refractivity contribution in [1.29, 1.82) is 0 Å². The normalized spacial score (nSPS) is 15.0. The zero-order valence-corrected chi connectivity index (χ0v) is 13.6. The first-order chi connectivity index (χ1) is 10.4. The van der Waals surface area contributed by atoms with E-state index < -0.39 is 17.6 Å². The van der Waals surface area contributed by atoms with E-state index in [1.165, 1.54) is 33.1 Å². The third-order valence-corrected chi connectivity index (χ3v) is 4.94. The number of nitrogens with one attached hydrogen (secondary N) is 1. The van der Waals surface area contributed by atoms with E-state index in [1.807, 2.05) is 23.9 Å². The summed E-state index contributed by atoms with van der Waals surface area (Å²) in [4.78, 5) is 28.3. The fourth-order valence-electron chi connectivity index (χ4n) is 2.01. The molecule has 22 heavy (non-hydrogen) atoms. The number of rotatable bonds is 6. The predicted octanol–water partition coefficient (Wildman–Crippen LogP) is 2.22. The van der Waals surface area contributed by atoms with Crippen molar-refractivity contribution in [3.05, 3.63) is 24.0 Å².